The molecule has 3 rings (SSSR count). The lowest BCUT2D eigenvalue weighted by Crippen LogP contribution is -2.29. The first kappa shape index (κ1) is 18.9. The van der Waals surface area contributed by atoms with E-state index in [9.17, 15) is 4.79 Å². The second kappa shape index (κ2) is 7.80. The van der Waals surface area contributed by atoms with Gasteiger partial charge >= 0.3 is 0 Å². The lowest BCUT2D eigenvalue weighted by Gasteiger charge is -2.28. The Morgan fingerprint density at radius 1 is 1.04 bits per heavy atom. The number of thioether (sulfide) groups is 1. The van der Waals surface area contributed by atoms with E-state index in [-0.39, 0.29) is 5.54 Å². The molecule has 0 radical (unpaired) electrons. The normalized spacial score (nSPS) is 11.2. The fourth-order valence-corrected chi connectivity index (χ4v) is 3.66. The molecular weight excluding hydrogens is 356 g/mol. The van der Waals surface area contributed by atoms with Crippen LogP contribution >= 0.6 is 11.8 Å². The number of nitrogens with two attached hydrogens (primary N) is 1. The fourth-order valence-electron chi connectivity index (χ4n) is 2.90. The van der Waals surface area contributed by atoms with Crippen molar-refractivity contribution in [1.29, 1.82) is 0 Å². The van der Waals surface area contributed by atoms with Crippen molar-refractivity contribution in [2.45, 2.75) is 24.3 Å². The van der Waals surface area contributed by atoms with Crippen molar-refractivity contribution in [3.05, 3.63) is 72.1 Å². The zero-order valence-electron chi connectivity index (χ0n) is 15.6. The van der Waals surface area contributed by atoms with Crippen LogP contribution in [0.25, 0.3) is 11.1 Å². The molecule has 0 atom stereocenters. The number of hydrogen-bond acceptors (Lipinski definition) is 5. The second-order valence-electron chi connectivity index (χ2n) is 6.69. The van der Waals surface area contributed by atoms with Crippen LogP contribution in [0.15, 0.2) is 65.8 Å². The topological polar surface area (TPSA) is 80.9 Å². The maximum Gasteiger partial charge on any atom is 0.248 e. The summed E-state index contributed by atoms with van der Waals surface area (Å²) in [5.74, 6) is 0.0935. The van der Waals surface area contributed by atoms with Crippen LogP contribution in [-0.4, -0.2) is 22.1 Å². The third-order valence-electron chi connectivity index (χ3n) is 4.34. The van der Waals surface area contributed by atoms with Crippen LogP contribution in [0.4, 0.5) is 5.95 Å². The molecule has 0 aliphatic heterocycles. The molecule has 0 aliphatic rings. The van der Waals surface area contributed by atoms with Gasteiger partial charge in [0, 0.05) is 28.4 Å². The Morgan fingerprint density at radius 2 is 1.74 bits per heavy atom. The minimum absolute atomic E-state index is 0.326. The van der Waals surface area contributed by atoms with Gasteiger partial charge in [0.25, 0.3) is 0 Å². The van der Waals surface area contributed by atoms with Crippen LogP contribution in [0.5, 0.6) is 0 Å². The third kappa shape index (κ3) is 4.28. The van der Waals surface area contributed by atoms with Gasteiger partial charge in [0.15, 0.2) is 0 Å². The highest BCUT2D eigenvalue weighted by Gasteiger charge is 2.24. The van der Waals surface area contributed by atoms with E-state index >= 15 is 0 Å². The molecule has 5 nitrogen and oxygen atoms in total. The van der Waals surface area contributed by atoms with Crippen molar-refractivity contribution in [2.24, 2.45) is 5.73 Å². The molecule has 1 amide bonds. The SMILES string of the molecule is CSc1ccccc1C(C)(C)Nc1ncc(-c2cccc(C(N)=O)c2)cn1. The van der Waals surface area contributed by atoms with E-state index in [1.165, 1.54) is 10.5 Å². The summed E-state index contributed by atoms with van der Waals surface area (Å²) in [6, 6.07) is 15.4. The van der Waals surface area contributed by atoms with Crippen LogP contribution < -0.4 is 11.1 Å². The largest absolute Gasteiger partial charge is 0.366 e. The van der Waals surface area contributed by atoms with Gasteiger partial charge in [-0.05, 0) is 49.4 Å². The Morgan fingerprint density at radius 3 is 2.41 bits per heavy atom. The maximum atomic E-state index is 11.4. The number of rotatable bonds is 6. The van der Waals surface area contributed by atoms with Crippen molar-refractivity contribution in [3.63, 3.8) is 0 Å². The number of hydrogen-bond donors (Lipinski definition) is 2. The third-order valence-corrected chi connectivity index (χ3v) is 5.13. The van der Waals surface area contributed by atoms with E-state index in [1.807, 2.05) is 18.2 Å². The molecule has 1 heterocycles. The van der Waals surface area contributed by atoms with Crippen LogP contribution in [0.1, 0.15) is 29.8 Å². The molecule has 0 fully saturated rings. The first-order valence-corrected chi connectivity index (χ1v) is 9.77. The number of primary amides is 1. The maximum absolute atomic E-state index is 11.4. The minimum atomic E-state index is -0.453. The van der Waals surface area contributed by atoms with Crippen LogP contribution in [0.3, 0.4) is 0 Å². The number of carbonyl (C=O) groups excluding carboxylic acids is 1. The monoisotopic (exact) mass is 378 g/mol. The molecule has 0 unspecified atom stereocenters. The molecule has 0 saturated carbocycles. The summed E-state index contributed by atoms with van der Waals surface area (Å²) in [5, 5.41) is 3.41. The molecule has 3 aromatic rings. The number of carbonyl (C=O) groups is 1. The number of benzene rings is 2. The molecule has 6 heteroatoms. The van der Waals surface area contributed by atoms with E-state index in [4.69, 9.17) is 5.73 Å². The molecule has 27 heavy (non-hydrogen) atoms. The van der Waals surface area contributed by atoms with Crippen molar-refractivity contribution < 1.29 is 4.79 Å². The number of anilines is 1. The van der Waals surface area contributed by atoms with Gasteiger partial charge in [-0.15, -0.1) is 11.8 Å². The Hall–Kier alpha value is -2.86. The van der Waals surface area contributed by atoms with Gasteiger partial charge in [-0.25, -0.2) is 9.97 Å². The van der Waals surface area contributed by atoms with E-state index in [0.717, 1.165) is 11.1 Å². The van der Waals surface area contributed by atoms with Gasteiger partial charge in [0.2, 0.25) is 11.9 Å². The predicted molar refractivity (Wildman–Crippen MR) is 111 cm³/mol. The van der Waals surface area contributed by atoms with Crippen molar-refractivity contribution in [2.75, 3.05) is 11.6 Å². The predicted octanol–water partition coefficient (Wildman–Crippen LogP) is 4.31. The molecule has 3 N–H and O–H groups in total. The number of aromatic nitrogens is 2. The average molecular weight is 379 g/mol. The highest BCUT2D eigenvalue weighted by Crippen LogP contribution is 2.32. The van der Waals surface area contributed by atoms with Gasteiger partial charge in [0.05, 0.1) is 5.54 Å². The zero-order chi connectivity index (χ0) is 19.4. The van der Waals surface area contributed by atoms with Gasteiger partial charge in [-0.3, -0.25) is 4.79 Å². The lowest BCUT2D eigenvalue weighted by atomic mass is 9.94. The molecular formula is C21H22N4OS. The second-order valence-corrected chi connectivity index (χ2v) is 7.54. The highest BCUT2D eigenvalue weighted by atomic mass is 32.2. The van der Waals surface area contributed by atoms with E-state index in [2.05, 4.69) is 47.5 Å². The standard InChI is InChI=1S/C21H22N4OS/c1-21(2,17-9-4-5-10-18(17)27-3)25-20-23-12-16(13-24-20)14-7-6-8-15(11-14)19(22)26/h4-13H,1-3H3,(H2,22,26)(H,23,24,25). The fraction of sp³-hybridized carbons (Fsp3) is 0.190. The van der Waals surface area contributed by atoms with E-state index in [1.54, 1.807) is 42.4 Å². The van der Waals surface area contributed by atoms with Gasteiger partial charge in [-0.1, -0.05) is 30.3 Å². The number of nitrogens with one attached hydrogen (secondary N) is 1. The van der Waals surface area contributed by atoms with Crippen LogP contribution in [-0.2, 0) is 5.54 Å². The zero-order valence-corrected chi connectivity index (χ0v) is 16.4. The molecule has 0 bridgehead atoms. The Kier molecular flexibility index (Phi) is 5.46. The van der Waals surface area contributed by atoms with Gasteiger partial charge in [0.1, 0.15) is 0 Å². The van der Waals surface area contributed by atoms with Gasteiger partial charge in [-0.2, -0.15) is 0 Å². The first-order valence-electron chi connectivity index (χ1n) is 8.54. The molecule has 0 aliphatic carbocycles. The smallest absolute Gasteiger partial charge is 0.248 e. The Labute approximate surface area is 163 Å². The summed E-state index contributed by atoms with van der Waals surface area (Å²) < 4.78 is 0. The lowest BCUT2D eigenvalue weighted by molar-refractivity contribution is 0.100. The summed E-state index contributed by atoms with van der Waals surface area (Å²) in [6.45, 7) is 4.21. The van der Waals surface area contributed by atoms with Crippen LogP contribution in [0, 0.1) is 0 Å². The molecule has 0 spiro atoms. The summed E-state index contributed by atoms with van der Waals surface area (Å²) >= 11 is 1.72. The number of amides is 1. The minimum Gasteiger partial charge on any atom is -0.366 e. The molecule has 2 aromatic carbocycles. The van der Waals surface area contributed by atoms with Crippen LogP contribution in [0.2, 0.25) is 0 Å². The van der Waals surface area contributed by atoms with Gasteiger partial charge < -0.3 is 11.1 Å². The molecule has 138 valence electrons. The quantitative estimate of drug-likeness (QED) is 0.625. The first-order chi connectivity index (χ1) is 12.9. The summed E-state index contributed by atoms with van der Waals surface area (Å²) in [5.41, 5.74) is 8.36. The summed E-state index contributed by atoms with van der Waals surface area (Å²) in [6.07, 6.45) is 5.55. The Bertz CT molecular complexity index is 954. The molecule has 1 aromatic heterocycles. The highest BCUT2D eigenvalue weighted by molar-refractivity contribution is 7.98. The summed E-state index contributed by atoms with van der Waals surface area (Å²) in [7, 11) is 0. The van der Waals surface area contributed by atoms with Crippen molar-refractivity contribution >= 4 is 23.6 Å². The average Bonchev–Trinajstić information content (AvgIpc) is 2.68. The Balaban J connectivity index is 1.83. The summed E-state index contributed by atoms with van der Waals surface area (Å²) in [4.78, 5) is 21.5. The van der Waals surface area contributed by atoms with Crippen molar-refractivity contribution in [1.82, 2.24) is 9.97 Å². The van der Waals surface area contributed by atoms with Crippen molar-refractivity contribution in [3.8, 4) is 11.1 Å². The van der Waals surface area contributed by atoms with E-state index in [0.29, 0.717) is 11.5 Å². The van der Waals surface area contributed by atoms with E-state index < -0.39 is 5.91 Å². The number of nitrogens with zero attached hydrogens (tertiary/aromatic N) is 2. The molecule has 0 saturated heterocycles.